The van der Waals surface area contributed by atoms with Gasteiger partial charge in [-0.1, -0.05) is 25.8 Å². The molecule has 0 saturated heterocycles. The lowest BCUT2D eigenvalue weighted by atomic mass is 9.72. The predicted octanol–water partition coefficient (Wildman–Crippen LogP) is 3.36. The summed E-state index contributed by atoms with van der Waals surface area (Å²) < 4.78 is 26.0. The molecule has 88 valence electrons. The highest BCUT2D eigenvalue weighted by Crippen LogP contribution is 2.41. The molecule has 0 bridgehead atoms. The standard InChI is InChI=1S/C13H16F2O/c1-9-4-2-3-7-13(9,16)10-5-6-11(14)12(15)8-10/h5-6,8-9,16H,2-4,7H2,1H3. The van der Waals surface area contributed by atoms with Crippen molar-refractivity contribution in [1.29, 1.82) is 0 Å². The van der Waals surface area contributed by atoms with Crippen LogP contribution in [0.3, 0.4) is 0 Å². The molecule has 0 spiro atoms. The third-order valence-electron chi connectivity index (χ3n) is 3.68. The van der Waals surface area contributed by atoms with E-state index < -0.39 is 17.2 Å². The molecule has 0 aromatic heterocycles. The zero-order valence-corrected chi connectivity index (χ0v) is 9.34. The van der Waals surface area contributed by atoms with Crippen molar-refractivity contribution < 1.29 is 13.9 Å². The number of aliphatic hydroxyl groups is 1. The Morgan fingerprint density at radius 2 is 2.00 bits per heavy atom. The highest BCUT2D eigenvalue weighted by Gasteiger charge is 2.37. The average molecular weight is 226 g/mol. The molecule has 2 rings (SSSR count). The highest BCUT2D eigenvalue weighted by molar-refractivity contribution is 5.25. The summed E-state index contributed by atoms with van der Waals surface area (Å²) in [4.78, 5) is 0. The Kier molecular flexibility index (Phi) is 2.98. The maximum atomic E-state index is 13.1. The second kappa shape index (κ2) is 4.13. The maximum Gasteiger partial charge on any atom is 0.159 e. The molecule has 1 saturated carbocycles. The van der Waals surface area contributed by atoms with E-state index in [0.29, 0.717) is 12.0 Å². The predicted molar refractivity (Wildman–Crippen MR) is 57.9 cm³/mol. The minimum absolute atomic E-state index is 0.0890. The van der Waals surface area contributed by atoms with Crippen LogP contribution in [0.4, 0.5) is 8.78 Å². The van der Waals surface area contributed by atoms with Gasteiger partial charge in [-0.15, -0.1) is 0 Å². The van der Waals surface area contributed by atoms with Crippen LogP contribution in [0, 0.1) is 17.6 Å². The Balaban J connectivity index is 2.37. The van der Waals surface area contributed by atoms with Gasteiger partial charge in [0.1, 0.15) is 0 Å². The van der Waals surface area contributed by atoms with Crippen molar-refractivity contribution in [3.8, 4) is 0 Å². The van der Waals surface area contributed by atoms with E-state index in [4.69, 9.17) is 0 Å². The molecule has 0 heterocycles. The monoisotopic (exact) mass is 226 g/mol. The van der Waals surface area contributed by atoms with Crippen molar-refractivity contribution in [2.24, 2.45) is 5.92 Å². The van der Waals surface area contributed by atoms with Crippen LogP contribution in [0.25, 0.3) is 0 Å². The fraction of sp³-hybridized carbons (Fsp3) is 0.538. The van der Waals surface area contributed by atoms with Gasteiger partial charge in [0.15, 0.2) is 11.6 Å². The lowest BCUT2D eigenvalue weighted by molar-refractivity contribution is -0.0472. The summed E-state index contributed by atoms with van der Waals surface area (Å²) in [6.45, 7) is 1.96. The Hall–Kier alpha value is -0.960. The van der Waals surface area contributed by atoms with E-state index in [1.165, 1.54) is 6.07 Å². The third-order valence-corrected chi connectivity index (χ3v) is 3.68. The lowest BCUT2D eigenvalue weighted by Crippen LogP contribution is -2.36. The zero-order valence-electron chi connectivity index (χ0n) is 9.34. The first-order valence-electron chi connectivity index (χ1n) is 5.72. The van der Waals surface area contributed by atoms with Gasteiger partial charge in [0.05, 0.1) is 5.60 Å². The highest BCUT2D eigenvalue weighted by atomic mass is 19.2. The van der Waals surface area contributed by atoms with Gasteiger partial charge in [0, 0.05) is 0 Å². The quantitative estimate of drug-likeness (QED) is 0.778. The normalized spacial score (nSPS) is 30.4. The molecule has 0 aliphatic heterocycles. The molecule has 1 nitrogen and oxygen atoms in total. The second-order valence-corrected chi connectivity index (χ2v) is 4.70. The van der Waals surface area contributed by atoms with E-state index in [0.717, 1.165) is 31.4 Å². The first-order valence-corrected chi connectivity index (χ1v) is 5.72. The molecule has 1 fully saturated rings. The topological polar surface area (TPSA) is 20.2 Å². The molecule has 1 aliphatic rings. The fourth-order valence-corrected chi connectivity index (χ4v) is 2.52. The number of hydrogen-bond donors (Lipinski definition) is 1. The molecular weight excluding hydrogens is 210 g/mol. The van der Waals surface area contributed by atoms with Gasteiger partial charge < -0.3 is 5.11 Å². The van der Waals surface area contributed by atoms with Crippen molar-refractivity contribution in [3.63, 3.8) is 0 Å². The Morgan fingerprint density at radius 3 is 2.62 bits per heavy atom. The van der Waals surface area contributed by atoms with Crippen LogP contribution in [-0.4, -0.2) is 5.11 Å². The number of benzene rings is 1. The minimum Gasteiger partial charge on any atom is -0.385 e. The van der Waals surface area contributed by atoms with Crippen LogP contribution in [0.1, 0.15) is 38.2 Å². The van der Waals surface area contributed by atoms with Crippen molar-refractivity contribution in [2.45, 2.75) is 38.2 Å². The van der Waals surface area contributed by atoms with Crippen molar-refractivity contribution >= 4 is 0 Å². The van der Waals surface area contributed by atoms with E-state index >= 15 is 0 Å². The smallest absolute Gasteiger partial charge is 0.159 e. The fourth-order valence-electron chi connectivity index (χ4n) is 2.52. The first-order chi connectivity index (χ1) is 7.54. The summed E-state index contributed by atoms with van der Waals surface area (Å²) in [5.41, 5.74) is -0.495. The maximum absolute atomic E-state index is 13.1. The summed E-state index contributed by atoms with van der Waals surface area (Å²) in [6.07, 6.45) is 3.57. The van der Waals surface area contributed by atoms with Gasteiger partial charge in [-0.2, -0.15) is 0 Å². The number of halogens is 2. The summed E-state index contributed by atoms with van der Waals surface area (Å²) in [5.74, 6) is -1.66. The van der Waals surface area contributed by atoms with Gasteiger partial charge in [0.25, 0.3) is 0 Å². The van der Waals surface area contributed by atoms with Crippen LogP contribution in [0.5, 0.6) is 0 Å². The largest absolute Gasteiger partial charge is 0.385 e. The Labute approximate surface area is 94.1 Å². The van der Waals surface area contributed by atoms with Gasteiger partial charge in [-0.25, -0.2) is 8.78 Å². The average Bonchev–Trinajstić information content (AvgIpc) is 2.26. The summed E-state index contributed by atoms with van der Waals surface area (Å²) in [5, 5.41) is 10.5. The van der Waals surface area contributed by atoms with Crippen LogP contribution in [-0.2, 0) is 5.60 Å². The second-order valence-electron chi connectivity index (χ2n) is 4.70. The third kappa shape index (κ3) is 1.84. The molecule has 16 heavy (non-hydrogen) atoms. The molecule has 2 atom stereocenters. The number of hydrogen-bond acceptors (Lipinski definition) is 1. The van der Waals surface area contributed by atoms with Gasteiger partial charge in [-0.3, -0.25) is 0 Å². The van der Waals surface area contributed by atoms with Crippen LogP contribution < -0.4 is 0 Å². The van der Waals surface area contributed by atoms with Crippen molar-refractivity contribution in [2.75, 3.05) is 0 Å². The molecule has 1 aromatic carbocycles. The van der Waals surface area contributed by atoms with E-state index in [1.54, 1.807) is 0 Å². The van der Waals surface area contributed by atoms with Crippen molar-refractivity contribution in [3.05, 3.63) is 35.4 Å². The van der Waals surface area contributed by atoms with Gasteiger partial charge in [-0.05, 0) is 36.5 Å². The van der Waals surface area contributed by atoms with Crippen LogP contribution >= 0.6 is 0 Å². The van der Waals surface area contributed by atoms with Crippen molar-refractivity contribution in [1.82, 2.24) is 0 Å². The van der Waals surface area contributed by atoms with Gasteiger partial charge >= 0.3 is 0 Å². The summed E-state index contributed by atoms with van der Waals surface area (Å²) in [7, 11) is 0. The van der Waals surface area contributed by atoms with E-state index in [2.05, 4.69) is 0 Å². The van der Waals surface area contributed by atoms with Crippen LogP contribution in [0.15, 0.2) is 18.2 Å². The number of rotatable bonds is 1. The Bertz CT molecular complexity index is 392. The minimum atomic E-state index is -0.993. The van der Waals surface area contributed by atoms with E-state index in [9.17, 15) is 13.9 Å². The molecule has 1 N–H and O–H groups in total. The molecule has 0 radical (unpaired) electrons. The lowest BCUT2D eigenvalue weighted by Gasteiger charge is -2.38. The first kappa shape index (κ1) is 11.5. The molecule has 1 aromatic rings. The zero-order chi connectivity index (χ0) is 11.8. The van der Waals surface area contributed by atoms with Crippen LogP contribution in [0.2, 0.25) is 0 Å². The SMILES string of the molecule is CC1CCCCC1(O)c1ccc(F)c(F)c1. The van der Waals surface area contributed by atoms with E-state index in [-0.39, 0.29) is 5.92 Å². The molecule has 2 unspecified atom stereocenters. The molecule has 0 amide bonds. The summed E-state index contributed by atoms with van der Waals surface area (Å²) >= 11 is 0. The van der Waals surface area contributed by atoms with E-state index in [1.807, 2.05) is 6.92 Å². The molecular formula is C13H16F2O. The van der Waals surface area contributed by atoms with Gasteiger partial charge in [0.2, 0.25) is 0 Å². The summed E-state index contributed by atoms with van der Waals surface area (Å²) in [6, 6.07) is 3.70. The molecule has 3 heteroatoms. The Morgan fingerprint density at radius 1 is 1.25 bits per heavy atom. The molecule has 1 aliphatic carbocycles.